The molecule has 18 heavy (non-hydrogen) atoms. The number of benzene rings is 1. The molecule has 96 valence electrons. The van der Waals surface area contributed by atoms with Gasteiger partial charge in [-0.15, -0.1) is 0 Å². The summed E-state index contributed by atoms with van der Waals surface area (Å²) in [5, 5.41) is 12.2. The van der Waals surface area contributed by atoms with Crippen molar-refractivity contribution >= 4 is 11.9 Å². The van der Waals surface area contributed by atoms with E-state index in [1.165, 1.54) is 0 Å². The van der Waals surface area contributed by atoms with Gasteiger partial charge in [-0.25, -0.2) is 4.79 Å². The molecule has 1 saturated heterocycles. The van der Waals surface area contributed by atoms with Crippen LogP contribution in [0.4, 0.5) is 0 Å². The van der Waals surface area contributed by atoms with Crippen LogP contribution in [0.15, 0.2) is 30.3 Å². The molecule has 0 radical (unpaired) electrons. The van der Waals surface area contributed by atoms with E-state index in [1.54, 1.807) is 0 Å². The molecule has 0 saturated carbocycles. The van der Waals surface area contributed by atoms with E-state index in [1.807, 2.05) is 30.3 Å². The van der Waals surface area contributed by atoms with Gasteiger partial charge in [-0.3, -0.25) is 4.79 Å². The lowest BCUT2D eigenvalue weighted by Gasteiger charge is -2.29. The summed E-state index contributed by atoms with van der Waals surface area (Å²) >= 11 is 0. The van der Waals surface area contributed by atoms with Crippen LogP contribution in [0, 0.1) is 0 Å². The van der Waals surface area contributed by atoms with Gasteiger partial charge in [-0.05, 0) is 24.8 Å². The minimum Gasteiger partial charge on any atom is -0.479 e. The van der Waals surface area contributed by atoms with Crippen molar-refractivity contribution in [1.82, 2.24) is 5.32 Å². The highest BCUT2D eigenvalue weighted by Crippen LogP contribution is 2.24. The Morgan fingerprint density at radius 3 is 2.67 bits per heavy atom. The average Bonchev–Trinajstić information content (AvgIpc) is 2.53. The maximum atomic E-state index is 11.6. The van der Waals surface area contributed by atoms with Crippen LogP contribution < -0.4 is 5.32 Å². The van der Waals surface area contributed by atoms with Gasteiger partial charge in [0.25, 0.3) is 0 Å². The number of carbonyl (C=O) groups is 2. The molecular formula is C14H17NO3. The monoisotopic (exact) mass is 247 g/mol. The van der Waals surface area contributed by atoms with E-state index < -0.39 is 11.5 Å². The van der Waals surface area contributed by atoms with E-state index in [-0.39, 0.29) is 5.91 Å². The minimum absolute atomic E-state index is 0.161. The van der Waals surface area contributed by atoms with Crippen molar-refractivity contribution < 1.29 is 14.7 Å². The fraction of sp³-hybridized carbons (Fsp3) is 0.429. The molecular weight excluding hydrogens is 230 g/mol. The van der Waals surface area contributed by atoms with E-state index >= 15 is 0 Å². The third kappa shape index (κ3) is 2.70. The highest BCUT2D eigenvalue weighted by Gasteiger charge is 2.40. The quantitative estimate of drug-likeness (QED) is 0.855. The van der Waals surface area contributed by atoms with Crippen LogP contribution in [-0.4, -0.2) is 22.5 Å². The van der Waals surface area contributed by atoms with Crippen LogP contribution in [0.25, 0.3) is 0 Å². The number of amides is 1. The molecule has 4 nitrogen and oxygen atoms in total. The zero-order valence-corrected chi connectivity index (χ0v) is 10.2. The molecule has 0 spiro atoms. The fourth-order valence-electron chi connectivity index (χ4n) is 2.42. The van der Waals surface area contributed by atoms with Crippen LogP contribution >= 0.6 is 0 Å². The van der Waals surface area contributed by atoms with Crippen molar-refractivity contribution in [2.45, 2.75) is 37.6 Å². The molecule has 0 aromatic heterocycles. The van der Waals surface area contributed by atoms with Gasteiger partial charge in [-0.1, -0.05) is 30.3 Å². The van der Waals surface area contributed by atoms with Crippen LogP contribution in [0.2, 0.25) is 0 Å². The molecule has 1 aromatic rings. The van der Waals surface area contributed by atoms with Crippen molar-refractivity contribution in [2.24, 2.45) is 0 Å². The van der Waals surface area contributed by atoms with Crippen molar-refractivity contribution in [3.05, 3.63) is 35.9 Å². The standard InChI is InChI=1S/C14H17NO3/c16-12-8-4-5-9-14(15-12,13(17)18)10-11-6-2-1-3-7-11/h1-3,6-7H,4-5,8-10H2,(H,15,16)(H,17,18)/t14-/m1/s1. The molecule has 1 heterocycles. The average molecular weight is 247 g/mol. The van der Waals surface area contributed by atoms with Gasteiger partial charge in [0, 0.05) is 12.8 Å². The Morgan fingerprint density at radius 2 is 2.00 bits per heavy atom. The summed E-state index contributed by atoms with van der Waals surface area (Å²) in [7, 11) is 0. The van der Waals surface area contributed by atoms with Crippen LogP contribution in [0.5, 0.6) is 0 Å². The Morgan fingerprint density at radius 1 is 1.28 bits per heavy atom. The number of hydrogen-bond donors (Lipinski definition) is 2. The van der Waals surface area contributed by atoms with Crippen LogP contribution in [-0.2, 0) is 16.0 Å². The summed E-state index contributed by atoms with van der Waals surface area (Å²) in [6.07, 6.45) is 2.77. The number of carbonyl (C=O) groups excluding carboxylic acids is 1. The molecule has 2 rings (SSSR count). The molecule has 1 fully saturated rings. The Labute approximate surface area is 106 Å². The van der Waals surface area contributed by atoms with Gasteiger partial charge in [-0.2, -0.15) is 0 Å². The predicted molar refractivity (Wildman–Crippen MR) is 67.1 cm³/mol. The summed E-state index contributed by atoms with van der Waals surface area (Å²) in [6, 6.07) is 9.43. The van der Waals surface area contributed by atoms with Gasteiger partial charge in [0.1, 0.15) is 5.54 Å². The van der Waals surface area contributed by atoms with Crippen molar-refractivity contribution in [3.63, 3.8) is 0 Å². The molecule has 0 bridgehead atoms. The second kappa shape index (κ2) is 5.21. The van der Waals surface area contributed by atoms with E-state index in [9.17, 15) is 14.7 Å². The van der Waals surface area contributed by atoms with Crippen molar-refractivity contribution in [3.8, 4) is 0 Å². The van der Waals surface area contributed by atoms with E-state index in [0.29, 0.717) is 19.3 Å². The van der Waals surface area contributed by atoms with Gasteiger partial charge in [0.15, 0.2) is 0 Å². The SMILES string of the molecule is O=C1CCCC[C@@](Cc2ccccc2)(C(=O)O)N1. The van der Waals surface area contributed by atoms with Crippen LogP contribution in [0.3, 0.4) is 0 Å². The number of aliphatic carboxylic acids is 1. The maximum Gasteiger partial charge on any atom is 0.329 e. The number of nitrogens with one attached hydrogen (secondary N) is 1. The third-order valence-electron chi connectivity index (χ3n) is 3.39. The lowest BCUT2D eigenvalue weighted by Crippen LogP contribution is -2.55. The van der Waals surface area contributed by atoms with Gasteiger partial charge in [0.2, 0.25) is 5.91 Å². The zero-order chi connectivity index (χ0) is 13.0. The second-order valence-electron chi connectivity index (χ2n) is 4.80. The second-order valence-corrected chi connectivity index (χ2v) is 4.80. The molecule has 1 amide bonds. The lowest BCUT2D eigenvalue weighted by molar-refractivity contribution is -0.147. The zero-order valence-electron chi connectivity index (χ0n) is 10.2. The molecule has 1 aromatic carbocycles. The Bertz CT molecular complexity index is 444. The summed E-state index contributed by atoms with van der Waals surface area (Å²) in [5.41, 5.74) is -0.211. The fourth-order valence-corrected chi connectivity index (χ4v) is 2.42. The smallest absolute Gasteiger partial charge is 0.329 e. The minimum atomic E-state index is -1.14. The first-order valence-electron chi connectivity index (χ1n) is 6.21. The van der Waals surface area contributed by atoms with E-state index in [2.05, 4.69) is 5.32 Å². The summed E-state index contributed by atoms with van der Waals surface area (Å²) < 4.78 is 0. The van der Waals surface area contributed by atoms with E-state index in [4.69, 9.17) is 0 Å². The maximum absolute atomic E-state index is 11.6. The summed E-state index contributed by atoms with van der Waals surface area (Å²) in [4.78, 5) is 23.2. The highest BCUT2D eigenvalue weighted by atomic mass is 16.4. The van der Waals surface area contributed by atoms with Crippen molar-refractivity contribution in [1.29, 1.82) is 0 Å². The lowest BCUT2D eigenvalue weighted by atomic mass is 9.86. The number of hydrogen-bond acceptors (Lipinski definition) is 2. The first-order chi connectivity index (χ1) is 8.62. The summed E-state index contributed by atoms with van der Waals surface area (Å²) in [5.74, 6) is -1.10. The first-order valence-corrected chi connectivity index (χ1v) is 6.21. The van der Waals surface area contributed by atoms with Gasteiger partial charge >= 0.3 is 5.97 Å². The van der Waals surface area contributed by atoms with Crippen molar-refractivity contribution in [2.75, 3.05) is 0 Å². The highest BCUT2D eigenvalue weighted by molar-refractivity contribution is 5.87. The normalized spacial score (nSPS) is 24.1. The molecule has 2 N–H and O–H groups in total. The summed E-state index contributed by atoms with van der Waals surface area (Å²) in [6.45, 7) is 0. The molecule has 1 aliphatic heterocycles. The first kappa shape index (κ1) is 12.6. The molecule has 0 aliphatic carbocycles. The van der Waals surface area contributed by atoms with Gasteiger partial charge < -0.3 is 10.4 Å². The Kier molecular flexibility index (Phi) is 3.65. The molecule has 1 aliphatic rings. The number of rotatable bonds is 3. The number of carboxylic acid groups (broad SMARTS) is 1. The molecule has 0 unspecified atom stereocenters. The predicted octanol–water partition coefficient (Wildman–Crippen LogP) is 1.74. The Balaban J connectivity index is 2.26. The Hall–Kier alpha value is -1.84. The number of carboxylic acids is 1. The van der Waals surface area contributed by atoms with Crippen LogP contribution in [0.1, 0.15) is 31.2 Å². The van der Waals surface area contributed by atoms with Gasteiger partial charge in [0.05, 0.1) is 0 Å². The molecule has 4 heteroatoms. The topological polar surface area (TPSA) is 66.4 Å². The molecule has 1 atom stereocenters. The van der Waals surface area contributed by atoms with E-state index in [0.717, 1.165) is 18.4 Å². The largest absolute Gasteiger partial charge is 0.479 e. The third-order valence-corrected chi connectivity index (χ3v) is 3.39.